The standard InChI is InChI=1S/C8H12N2O2/c1-12-8-6(7(9)5-11)3-2-4-10-8/h2-4,7,11H,5,9H2,1H3/t7-/m0/s1. The average molecular weight is 168 g/mol. The van der Waals surface area contributed by atoms with Crippen molar-refractivity contribution in [1.29, 1.82) is 0 Å². The zero-order valence-corrected chi connectivity index (χ0v) is 6.90. The fourth-order valence-corrected chi connectivity index (χ4v) is 0.954. The molecule has 0 saturated heterocycles. The zero-order valence-electron chi connectivity index (χ0n) is 6.90. The van der Waals surface area contributed by atoms with Crippen LogP contribution < -0.4 is 10.5 Å². The summed E-state index contributed by atoms with van der Waals surface area (Å²) < 4.78 is 4.97. The van der Waals surface area contributed by atoms with Gasteiger partial charge in [-0.1, -0.05) is 6.07 Å². The Labute approximate surface area is 71.0 Å². The van der Waals surface area contributed by atoms with Crippen LogP contribution in [0.15, 0.2) is 18.3 Å². The van der Waals surface area contributed by atoms with Crippen molar-refractivity contribution in [2.75, 3.05) is 13.7 Å². The molecular formula is C8H12N2O2. The molecule has 0 aromatic carbocycles. The lowest BCUT2D eigenvalue weighted by molar-refractivity contribution is 0.263. The van der Waals surface area contributed by atoms with Crippen molar-refractivity contribution >= 4 is 0 Å². The maximum Gasteiger partial charge on any atom is 0.217 e. The van der Waals surface area contributed by atoms with Crippen LogP contribution >= 0.6 is 0 Å². The lowest BCUT2D eigenvalue weighted by atomic mass is 10.1. The van der Waals surface area contributed by atoms with E-state index in [1.54, 1.807) is 18.3 Å². The predicted octanol–water partition coefficient (Wildman–Crippen LogP) is 0.0823. The first-order chi connectivity index (χ1) is 5.79. The Bertz CT molecular complexity index is 253. The molecule has 1 aromatic rings. The van der Waals surface area contributed by atoms with Gasteiger partial charge in [-0.05, 0) is 6.07 Å². The van der Waals surface area contributed by atoms with Crippen LogP contribution in [0.1, 0.15) is 11.6 Å². The first-order valence-corrected chi connectivity index (χ1v) is 3.65. The van der Waals surface area contributed by atoms with Gasteiger partial charge < -0.3 is 15.6 Å². The average Bonchev–Trinajstić information content (AvgIpc) is 2.16. The summed E-state index contributed by atoms with van der Waals surface area (Å²) in [4.78, 5) is 3.95. The molecule has 1 aromatic heterocycles. The number of hydrogen-bond acceptors (Lipinski definition) is 4. The van der Waals surface area contributed by atoms with E-state index in [4.69, 9.17) is 15.6 Å². The number of hydrogen-bond donors (Lipinski definition) is 2. The Morgan fingerprint density at radius 2 is 2.50 bits per heavy atom. The van der Waals surface area contributed by atoms with Gasteiger partial charge in [0, 0.05) is 11.8 Å². The molecule has 12 heavy (non-hydrogen) atoms. The van der Waals surface area contributed by atoms with Crippen LogP contribution in [0.4, 0.5) is 0 Å². The zero-order chi connectivity index (χ0) is 8.97. The summed E-state index contributed by atoms with van der Waals surface area (Å²) in [5.41, 5.74) is 6.33. The van der Waals surface area contributed by atoms with E-state index >= 15 is 0 Å². The highest BCUT2D eigenvalue weighted by Gasteiger charge is 2.10. The molecule has 0 aliphatic carbocycles. The lowest BCUT2D eigenvalue weighted by Crippen LogP contribution is -2.15. The van der Waals surface area contributed by atoms with Gasteiger partial charge in [0.25, 0.3) is 0 Å². The molecule has 4 heteroatoms. The Kier molecular flexibility index (Phi) is 3.01. The molecule has 0 aliphatic rings. The molecule has 1 heterocycles. The number of nitrogens with two attached hydrogens (primary N) is 1. The van der Waals surface area contributed by atoms with E-state index in [-0.39, 0.29) is 6.61 Å². The van der Waals surface area contributed by atoms with Crippen LogP contribution in [0, 0.1) is 0 Å². The fourth-order valence-electron chi connectivity index (χ4n) is 0.954. The van der Waals surface area contributed by atoms with Crippen LogP contribution in [-0.4, -0.2) is 23.8 Å². The first-order valence-electron chi connectivity index (χ1n) is 3.65. The van der Waals surface area contributed by atoms with Gasteiger partial charge in [0.2, 0.25) is 5.88 Å². The third kappa shape index (κ3) is 1.72. The van der Waals surface area contributed by atoms with Gasteiger partial charge in [0.15, 0.2) is 0 Å². The molecule has 66 valence electrons. The lowest BCUT2D eigenvalue weighted by Gasteiger charge is -2.11. The minimum Gasteiger partial charge on any atom is -0.481 e. The molecule has 0 bridgehead atoms. The number of methoxy groups -OCH3 is 1. The van der Waals surface area contributed by atoms with Crippen LogP contribution in [0.2, 0.25) is 0 Å². The third-order valence-corrected chi connectivity index (χ3v) is 1.59. The summed E-state index contributed by atoms with van der Waals surface area (Å²) in [6.45, 7) is -0.109. The van der Waals surface area contributed by atoms with Gasteiger partial charge in [-0.25, -0.2) is 4.98 Å². The second kappa shape index (κ2) is 4.04. The summed E-state index contributed by atoms with van der Waals surface area (Å²) >= 11 is 0. The highest BCUT2D eigenvalue weighted by molar-refractivity contribution is 5.28. The van der Waals surface area contributed by atoms with Gasteiger partial charge in [-0.3, -0.25) is 0 Å². The van der Waals surface area contributed by atoms with E-state index in [0.717, 1.165) is 5.56 Å². The molecule has 0 saturated carbocycles. The number of rotatable bonds is 3. The topological polar surface area (TPSA) is 68.4 Å². The van der Waals surface area contributed by atoms with Crippen molar-refractivity contribution in [2.24, 2.45) is 5.73 Å². The van der Waals surface area contributed by atoms with E-state index in [9.17, 15) is 0 Å². The largest absolute Gasteiger partial charge is 0.481 e. The predicted molar refractivity (Wildman–Crippen MR) is 44.8 cm³/mol. The summed E-state index contributed by atoms with van der Waals surface area (Å²) in [6.07, 6.45) is 1.62. The number of aromatic nitrogens is 1. The molecule has 0 spiro atoms. The van der Waals surface area contributed by atoms with Crippen molar-refractivity contribution in [3.8, 4) is 5.88 Å². The van der Waals surface area contributed by atoms with E-state index in [1.807, 2.05) is 0 Å². The number of ether oxygens (including phenoxy) is 1. The number of aliphatic hydroxyl groups excluding tert-OH is 1. The van der Waals surface area contributed by atoms with Crippen LogP contribution in [-0.2, 0) is 0 Å². The number of nitrogens with zero attached hydrogens (tertiary/aromatic N) is 1. The molecule has 0 amide bonds. The Morgan fingerprint density at radius 1 is 1.75 bits per heavy atom. The first kappa shape index (κ1) is 8.96. The summed E-state index contributed by atoms with van der Waals surface area (Å²) in [5.74, 6) is 0.471. The van der Waals surface area contributed by atoms with Gasteiger partial charge in [-0.15, -0.1) is 0 Å². The van der Waals surface area contributed by atoms with Gasteiger partial charge in [-0.2, -0.15) is 0 Å². The Balaban J connectivity index is 2.96. The van der Waals surface area contributed by atoms with E-state index in [1.165, 1.54) is 7.11 Å². The molecule has 0 radical (unpaired) electrons. The molecule has 0 fully saturated rings. The molecule has 1 rings (SSSR count). The minimum atomic E-state index is -0.423. The summed E-state index contributed by atoms with van der Waals surface area (Å²) in [6, 6.07) is 3.12. The fraction of sp³-hybridized carbons (Fsp3) is 0.375. The smallest absolute Gasteiger partial charge is 0.217 e. The summed E-state index contributed by atoms with van der Waals surface area (Å²) in [7, 11) is 1.52. The second-order valence-electron chi connectivity index (χ2n) is 2.39. The van der Waals surface area contributed by atoms with Crippen molar-refractivity contribution in [3.05, 3.63) is 23.9 Å². The molecular weight excluding hydrogens is 156 g/mol. The Morgan fingerprint density at radius 3 is 3.08 bits per heavy atom. The SMILES string of the molecule is COc1ncccc1[C@@H](N)CO. The summed E-state index contributed by atoms with van der Waals surface area (Å²) in [5, 5.41) is 8.80. The number of pyridine rings is 1. The van der Waals surface area contributed by atoms with Gasteiger partial charge >= 0.3 is 0 Å². The normalized spacial score (nSPS) is 12.6. The van der Waals surface area contributed by atoms with Crippen molar-refractivity contribution in [2.45, 2.75) is 6.04 Å². The van der Waals surface area contributed by atoms with E-state index in [0.29, 0.717) is 5.88 Å². The Hall–Kier alpha value is -1.13. The van der Waals surface area contributed by atoms with Crippen LogP contribution in [0.3, 0.4) is 0 Å². The molecule has 0 unspecified atom stereocenters. The third-order valence-electron chi connectivity index (χ3n) is 1.59. The molecule has 1 atom stereocenters. The highest BCUT2D eigenvalue weighted by Crippen LogP contribution is 2.19. The van der Waals surface area contributed by atoms with Crippen LogP contribution in [0.25, 0.3) is 0 Å². The van der Waals surface area contributed by atoms with Crippen molar-refractivity contribution < 1.29 is 9.84 Å². The molecule has 3 N–H and O–H groups in total. The second-order valence-corrected chi connectivity index (χ2v) is 2.39. The number of aliphatic hydroxyl groups is 1. The van der Waals surface area contributed by atoms with Crippen LogP contribution in [0.5, 0.6) is 5.88 Å². The van der Waals surface area contributed by atoms with Crippen molar-refractivity contribution in [3.63, 3.8) is 0 Å². The maximum absolute atomic E-state index is 8.80. The van der Waals surface area contributed by atoms with Gasteiger partial charge in [0.1, 0.15) is 0 Å². The van der Waals surface area contributed by atoms with Gasteiger partial charge in [0.05, 0.1) is 19.8 Å². The quantitative estimate of drug-likeness (QED) is 0.670. The monoisotopic (exact) mass is 168 g/mol. The van der Waals surface area contributed by atoms with E-state index < -0.39 is 6.04 Å². The molecule has 4 nitrogen and oxygen atoms in total. The van der Waals surface area contributed by atoms with E-state index in [2.05, 4.69) is 4.98 Å². The maximum atomic E-state index is 8.80. The van der Waals surface area contributed by atoms with Crippen molar-refractivity contribution in [1.82, 2.24) is 4.98 Å². The molecule has 0 aliphatic heterocycles. The minimum absolute atomic E-state index is 0.109. The highest BCUT2D eigenvalue weighted by atomic mass is 16.5.